The van der Waals surface area contributed by atoms with Crippen LogP contribution >= 0.6 is 11.3 Å². The number of thiazole rings is 1. The summed E-state index contributed by atoms with van der Waals surface area (Å²) in [5.41, 5.74) is 8.51. The molecule has 1 aliphatic rings. The number of ketones is 1. The summed E-state index contributed by atoms with van der Waals surface area (Å²) in [4.78, 5) is 17.5. The Labute approximate surface area is 167 Å². The fraction of sp³-hybridized carbons (Fsp3) is 0.238. The van der Waals surface area contributed by atoms with Crippen LogP contribution in [0.3, 0.4) is 0 Å². The van der Waals surface area contributed by atoms with Gasteiger partial charge >= 0.3 is 0 Å². The first kappa shape index (κ1) is 18.5. The second-order valence-electron chi connectivity index (χ2n) is 6.81. The van der Waals surface area contributed by atoms with E-state index in [1.54, 1.807) is 6.07 Å². The van der Waals surface area contributed by atoms with Crippen molar-refractivity contribution >= 4 is 33.8 Å². The van der Waals surface area contributed by atoms with Crippen LogP contribution in [0.25, 0.3) is 0 Å². The van der Waals surface area contributed by atoms with Gasteiger partial charge in [0, 0.05) is 17.8 Å². The van der Waals surface area contributed by atoms with E-state index >= 15 is 0 Å². The van der Waals surface area contributed by atoms with Crippen LogP contribution in [-0.4, -0.2) is 30.0 Å². The maximum atomic E-state index is 12.7. The summed E-state index contributed by atoms with van der Waals surface area (Å²) in [5, 5.41) is 7.08. The molecule has 4 N–H and O–H groups in total. The van der Waals surface area contributed by atoms with Crippen LogP contribution in [0.2, 0.25) is 0 Å². The first-order chi connectivity index (χ1) is 13.6. The van der Waals surface area contributed by atoms with Gasteiger partial charge in [-0.15, -0.1) is 0 Å². The fourth-order valence-electron chi connectivity index (χ4n) is 3.13. The molecule has 0 amide bonds. The van der Waals surface area contributed by atoms with Crippen molar-refractivity contribution < 1.29 is 9.53 Å². The molecule has 28 heavy (non-hydrogen) atoms. The predicted molar refractivity (Wildman–Crippen MR) is 113 cm³/mol. The smallest absolute Gasteiger partial charge is 0.206 e. The second-order valence-corrected chi connectivity index (χ2v) is 7.81. The van der Waals surface area contributed by atoms with E-state index in [2.05, 4.69) is 15.6 Å². The lowest BCUT2D eigenvalue weighted by Gasteiger charge is -2.12. The number of benzene rings is 2. The van der Waals surface area contributed by atoms with E-state index in [1.807, 2.05) is 49.4 Å². The third kappa shape index (κ3) is 4.16. The number of nitrogens with zero attached hydrogens (tertiary/aromatic N) is 1. The molecule has 0 radical (unpaired) electrons. The van der Waals surface area contributed by atoms with Gasteiger partial charge in [0.05, 0.1) is 0 Å². The molecule has 1 aliphatic heterocycles. The van der Waals surface area contributed by atoms with Gasteiger partial charge in [0.2, 0.25) is 5.78 Å². The lowest BCUT2D eigenvalue weighted by molar-refractivity contribution is 0.104. The molecule has 2 aromatic carbocycles. The lowest BCUT2D eigenvalue weighted by Crippen LogP contribution is -2.19. The minimum atomic E-state index is -0.110. The minimum absolute atomic E-state index is 0.110. The second kappa shape index (κ2) is 8.00. The highest BCUT2D eigenvalue weighted by molar-refractivity contribution is 7.18. The Morgan fingerprint density at radius 1 is 1.29 bits per heavy atom. The quantitative estimate of drug-likeness (QED) is 0.552. The van der Waals surface area contributed by atoms with E-state index in [0.29, 0.717) is 15.6 Å². The Kier molecular flexibility index (Phi) is 5.27. The van der Waals surface area contributed by atoms with E-state index in [9.17, 15) is 4.79 Å². The summed E-state index contributed by atoms with van der Waals surface area (Å²) in [6.07, 6.45) is 1.25. The van der Waals surface area contributed by atoms with E-state index in [4.69, 9.17) is 10.5 Å². The Morgan fingerprint density at radius 2 is 2.11 bits per heavy atom. The fourth-order valence-corrected chi connectivity index (χ4v) is 3.99. The van der Waals surface area contributed by atoms with Crippen molar-refractivity contribution in [3.8, 4) is 5.75 Å². The average molecular weight is 395 g/mol. The zero-order valence-corrected chi connectivity index (χ0v) is 16.4. The van der Waals surface area contributed by atoms with Crippen molar-refractivity contribution in [3.05, 3.63) is 64.5 Å². The number of nitrogen functional groups attached to an aromatic ring is 1. The van der Waals surface area contributed by atoms with Crippen LogP contribution in [0.4, 0.5) is 16.6 Å². The summed E-state index contributed by atoms with van der Waals surface area (Å²) in [7, 11) is 0. The largest absolute Gasteiger partial charge is 0.489 e. The molecular weight excluding hydrogens is 372 g/mol. The number of aryl methyl sites for hydroxylation is 1. The maximum Gasteiger partial charge on any atom is 0.206 e. The van der Waals surface area contributed by atoms with Gasteiger partial charge in [-0.05, 0) is 50.2 Å². The molecule has 1 fully saturated rings. The molecule has 0 bridgehead atoms. The molecule has 3 aromatic rings. The summed E-state index contributed by atoms with van der Waals surface area (Å²) in [6, 6.07) is 15.2. The highest BCUT2D eigenvalue weighted by Gasteiger charge is 2.19. The number of hydrogen-bond acceptors (Lipinski definition) is 7. The van der Waals surface area contributed by atoms with Crippen molar-refractivity contribution in [1.82, 2.24) is 10.3 Å². The molecule has 4 rings (SSSR count). The standard InChI is InChI=1S/C21H22N4O2S/c1-13-3-2-4-14(11-13)18(26)19-20(22)25-21(28-19)24-15-5-7-16(8-6-15)27-17-9-10-23-12-17/h2-8,11,17,23H,9-10,12,22H2,1H3,(H,24,25). The summed E-state index contributed by atoms with van der Waals surface area (Å²) in [6.45, 7) is 3.84. The first-order valence-corrected chi connectivity index (χ1v) is 10.0. The Morgan fingerprint density at radius 3 is 2.82 bits per heavy atom. The number of carbonyl (C=O) groups is 1. The van der Waals surface area contributed by atoms with Crippen LogP contribution in [0.15, 0.2) is 48.5 Å². The topological polar surface area (TPSA) is 89.3 Å². The van der Waals surface area contributed by atoms with Gasteiger partial charge in [0.15, 0.2) is 5.13 Å². The van der Waals surface area contributed by atoms with E-state index < -0.39 is 0 Å². The normalized spacial score (nSPS) is 16.1. The number of hydrogen-bond donors (Lipinski definition) is 3. The SMILES string of the molecule is Cc1cccc(C(=O)c2sc(Nc3ccc(OC4CCNC4)cc3)nc2N)c1. The number of nitrogens with two attached hydrogens (primary N) is 1. The molecule has 7 heteroatoms. The average Bonchev–Trinajstić information content (AvgIpc) is 3.32. The summed E-state index contributed by atoms with van der Waals surface area (Å²) < 4.78 is 5.93. The van der Waals surface area contributed by atoms with Crippen LogP contribution in [0.5, 0.6) is 5.75 Å². The van der Waals surface area contributed by atoms with Gasteiger partial charge in [0.25, 0.3) is 0 Å². The molecular formula is C21H22N4O2S. The van der Waals surface area contributed by atoms with Crippen LogP contribution < -0.4 is 21.1 Å². The third-order valence-corrected chi connectivity index (χ3v) is 5.55. The number of aromatic nitrogens is 1. The molecule has 1 aromatic heterocycles. The molecule has 0 aliphatic carbocycles. The number of anilines is 3. The highest BCUT2D eigenvalue weighted by atomic mass is 32.1. The maximum absolute atomic E-state index is 12.7. The number of nitrogens with one attached hydrogen (secondary N) is 2. The van der Waals surface area contributed by atoms with Gasteiger partial charge in [-0.3, -0.25) is 4.79 Å². The first-order valence-electron chi connectivity index (χ1n) is 9.20. The van der Waals surface area contributed by atoms with Gasteiger partial charge < -0.3 is 21.1 Å². The summed E-state index contributed by atoms with van der Waals surface area (Å²) >= 11 is 1.26. The molecule has 0 spiro atoms. The van der Waals surface area contributed by atoms with Crippen LogP contribution in [0.1, 0.15) is 27.2 Å². The van der Waals surface area contributed by atoms with Gasteiger partial charge in [-0.25, -0.2) is 4.98 Å². The molecule has 1 atom stereocenters. The Balaban J connectivity index is 1.45. The number of ether oxygens (including phenoxy) is 1. The zero-order chi connectivity index (χ0) is 19.5. The van der Waals surface area contributed by atoms with Crippen molar-refractivity contribution in [2.45, 2.75) is 19.4 Å². The molecule has 2 heterocycles. The van der Waals surface area contributed by atoms with Crippen molar-refractivity contribution in [1.29, 1.82) is 0 Å². The molecule has 6 nitrogen and oxygen atoms in total. The number of rotatable bonds is 6. The molecule has 1 saturated heterocycles. The van der Waals surface area contributed by atoms with Crippen LogP contribution in [-0.2, 0) is 0 Å². The third-order valence-electron chi connectivity index (χ3n) is 4.56. The molecule has 0 saturated carbocycles. The van der Waals surface area contributed by atoms with Crippen molar-refractivity contribution in [2.75, 3.05) is 24.1 Å². The zero-order valence-electron chi connectivity index (χ0n) is 15.6. The monoisotopic (exact) mass is 394 g/mol. The molecule has 144 valence electrons. The predicted octanol–water partition coefficient (Wildman–Crippen LogP) is 3.75. The van der Waals surface area contributed by atoms with Crippen molar-refractivity contribution in [2.24, 2.45) is 0 Å². The summed E-state index contributed by atoms with van der Waals surface area (Å²) in [5.74, 6) is 0.974. The molecule has 1 unspecified atom stereocenters. The minimum Gasteiger partial charge on any atom is -0.489 e. The van der Waals surface area contributed by atoms with Crippen LogP contribution in [0, 0.1) is 6.92 Å². The van der Waals surface area contributed by atoms with Gasteiger partial charge in [0.1, 0.15) is 22.5 Å². The number of carbonyl (C=O) groups excluding carboxylic acids is 1. The van der Waals surface area contributed by atoms with E-state index in [0.717, 1.165) is 36.5 Å². The van der Waals surface area contributed by atoms with Gasteiger partial charge in [-0.1, -0.05) is 35.1 Å². The van der Waals surface area contributed by atoms with Crippen molar-refractivity contribution in [3.63, 3.8) is 0 Å². The van der Waals surface area contributed by atoms with E-state index in [-0.39, 0.29) is 17.7 Å². The van der Waals surface area contributed by atoms with Gasteiger partial charge in [-0.2, -0.15) is 0 Å². The lowest BCUT2D eigenvalue weighted by atomic mass is 10.1. The Bertz CT molecular complexity index is 978. The Hall–Kier alpha value is -2.90. The highest BCUT2D eigenvalue weighted by Crippen LogP contribution is 2.30. The van der Waals surface area contributed by atoms with E-state index in [1.165, 1.54) is 11.3 Å².